The fraction of sp³-hybridized carbons (Fsp3) is 0.538. The first-order chi connectivity index (χ1) is 7.90. The Morgan fingerprint density at radius 1 is 1.00 bits per heavy atom. The molecule has 0 radical (unpaired) electrons. The number of benzene rings is 1. The molecule has 3 heteroatoms. The van der Waals surface area contributed by atoms with Crippen molar-refractivity contribution in [2.24, 2.45) is 0 Å². The molecule has 0 bridgehead atoms. The zero-order valence-electron chi connectivity index (χ0n) is 9.38. The van der Waals surface area contributed by atoms with E-state index in [0.29, 0.717) is 6.79 Å². The minimum atomic E-state index is 0.365. The second kappa shape index (κ2) is 6.14. The molecule has 0 atom stereocenters. The molecule has 2 rings (SSSR count). The van der Waals surface area contributed by atoms with E-state index in [9.17, 15) is 0 Å². The van der Waals surface area contributed by atoms with Gasteiger partial charge in [-0.2, -0.15) is 0 Å². The molecule has 0 unspecified atom stereocenters. The summed E-state index contributed by atoms with van der Waals surface area (Å²) in [5, 5.41) is 1.12. The highest BCUT2D eigenvalue weighted by molar-refractivity contribution is 9.09. The van der Waals surface area contributed by atoms with Crippen LogP contribution < -0.4 is 9.47 Å². The van der Waals surface area contributed by atoms with E-state index in [-0.39, 0.29) is 0 Å². The van der Waals surface area contributed by atoms with Gasteiger partial charge in [0.2, 0.25) is 6.79 Å². The quantitative estimate of drug-likeness (QED) is 0.582. The molecule has 88 valence electrons. The van der Waals surface area contributed by atoms with Gasteiger partial charge in [0.05, 0.1) is 0 Å². The van der Waals surface area contributed by atoms with Gasteiger partial charge in [0, 0.05) is 5.33 Å². The van der Waals surface area contributed by atoms with Crippen LogP contribution in [0.5, 0.6) is 11.5 Å². The molecule has 2 nitrogen and oxygen atoms in total. The van der Waals surface area contributed by atoms with Crippen LogP contribution in [-0.2, 0) is 6.42 Å². The Balaban J connectivity index is 1.77. The molecule has 1 aromatic carbocycles. The number of fused-ring (bicyclic) bond motifs is 1. The molecule has 1 aliphatic rings. The van der Waals surface area contributed by atoms with E-state index >= 15 is 0 Å². The standard InChI is InChI=1S/C13H17BrO2/c14-8-4-2-1-3-5-11-6-7-12-13(9-11)16-10-15-12/h6-7,9H,1-5,8,10H2. The lowest BCUT2D eigenvalue weighted by atomic mass is 10.1. The highest BCUT2D eigenvalue weighted by Gasteiger charge is 2.12. The van der Waals surface area contributed by atoms with Gasteiger partial charge < -0.3 is 9.47 Å². The highest BCUT2D eigenvalue weighted by atomic mass is 79.9. The molecule has 0 amide bonds. The van der Waals surface area contributed by atoms with Crippen LogP contribution in [0, 0.1) is 0 Å². The molecule has 0 saturated heterocycles. The Bertz CT molecular complexity index is 339. The third kappa shape index (κ3) is 3.14. The zero-order valence-corrected chi connectivity index (χ0v) is 11.0. The Hall–Kier alpha value is -0.700. The topological polar surface area (TPSA) is 18.5 Å². The number of unbranched alkanes of at least 4 members (excludes halogenated alkanes) is 3. The molecule has 0 aliphatic carbocycles. The first-order valence-corrected chi connectivity index (χ1v) is 6.97. The minimum absolute atomic E-state index is 0.365. The van der Waals surface area contributed by atoms with Gasteiger partial charge in [-0.25, -0.2) is 0 Å². The fourth-order valence-electron chi connectivity index (χ4n) is 1.87. The van der Waals surface area contributed by atoms with Crippen molar-refractivity contribution in [2.45, 2.75) is 32.1 Å². The first-order valence-electron chi connectivity index (χ1n) is 5.84. The monoisotopic (exact) mass is 284 g/mol. The molecule has 1 aromatic rings. The van der Waals surface area contributed by atoms with Crippen LogP contribution in [0.15, 0.2) is 18.2 Å². The molecule has 1 heterocycles. The average Bonchev–Trinajstić information content (AvgIpc) is 2.76. The summed E-state index contributed by atoms with van der Waals surface area (Å²) in [7, 11) is 0. The Morgan fingerprint density at radius 3 is 2.69 bits per heavy atom. The van der Waals surface area contributed by atoms with Crippen LogP contribution >= 0.6 is 15.9 Å². The minimum Gasteiger partial charge on any atom is -0.454 e. The normalized spacial score (nSPS) is 13.1. The summed E-state index contributed by atoms with van der Waals surface area (Å²) in [6.45, 7) is 0.365. The van der Waals surface area contributed by atoms with E-state index in [4.69, 9.17) is 9.47 Å². The van der Waals surface area contributed by atoms with Crippen molar-refractivity contribution in [3.63, 3.8) is 0 Å². The second-order valence-electron chi connectivity index (χ2n) is 4.04. The third-order valence-corrected chi connectivity index (χ3v) is 3.35. The van der Waals surface area contributed by atoms with Gasteiger partial charge in [-0.05, 0) is 37.0 Å². The van der Waals surface area contributed by atoms with E-state index < -0.39 is 0 Å². The largest absolute Gasteiger partial charge is 0.454 e. The van der Waals surface area contributed by atoms with Gasteiger partial charge in [-0.1, -0.05) is 34.8 Å². The van der Waals surface area contributed by atoms with E-state index in [1.54, 1.807) is 0 Å². The van der Waals surface area contributed by atoms with Gasteiger partial charge >= 0.3 is 0 Å². The number of aryl methyl sites for hydroxylation is 1. The van der Waals surface area contributed by atoms with E-state index in [1.807, 2.05) is 6.07 Å². The lowest BCUT2D eigenvalue weighted by Crippen LogP contribution is -1.93. The summed E-state index contributed by atoms with van der Waals surface area (Å²) in [6.07, 6.45) is 6.29. The van der Waals surface area contributed by atoms with Gasteiger partial charge in [-0.15, -0.1) is 0 Å². The van der Waals surface area contributed by atoms with Crippen molar-refractivity contribution < 1.29 is 9.47 Å². The fourth-order valence-corrected chi connectivity index (χ4v) is 2.27. The highest BCUT2D eigenvalue weighted by Crippen LogP contribution is 2.32. The van der Waals surface area contributed by atoms with Crippen LogP contribution in [0.25, 0.3) is 0 Å². The molecular weight excluding hydrogens is 268 g/mol. The summed E-state index contributed by atoms with van der Waals surface area (Å²) in [4.78, 5) is 0. The number of halogens is 1. The molecule has 0 N–H and O–H groups in total. The van der Waals surface area contributed by atoms with Crippen molar-refractivity contribution in [1.29, 1.82) is 0 Å². The van der Waals surface area contributed by atoms with Crippen molar-refractivity contribution in [1.82, 2.24) is 0 Å². The Morgan fingerprint density at radius 2 is 1.81 bits per heavy atom. The molecular formula is C13H17BrO2. The third-order valence-electron chi connectivity index (χ3n) is 2.79. The Kier molecular flexibility index (Phi) is 4.52. The average molecular weight is 285 g/mol. The van der Waals surface area contributed by atoms with Crippen LogP contribution in [0.3, 0.4) is 0 Å². The molecule has 16 heavy (non-hydrogen) atoms. The van der Waals surface area contributed by atoms with Gasteiger partial charge in [-0.3, -0.25) is 0 Å². The summed E-state index contributed by atoms with van der Waals surface area (Å²) >= 11 is 3.45. The predicted octanol–water partition coefficient (Wildman–Crippen LogP) is 3.91. The van der Waals surface area contributed by atoms with Gasteiger partial charge in [0.1, 0.15) is 0 Å². The van der Waals surface area contributed by atoms with Crippen molar-refractivity contribution in [3.05, 3.63) is 23.8 Å². The number of alkyl halides is 1. The van der Waals surface area contributed by atoms with Crippen LogP contribution in [-0.4, -0.2) is 12.1 Å². The van der Waals surface area contributed by atoms with Crippen LogP contribution in [0.1, 0.15) is 31.2 Å². The molecule has 1 aliphatic heterocycles. The second-order valence-corrected chi connectivity index (χ2v) is 4.83. The number of ether oxygens (including phenoxy) is 2. The molecule has 0 aromatic heterocycles. The zero-order chi connectivity index (χ0) is 11.2. The summed E-state index contributed by atoms with van der Waals surface area (Å²) in [6, 6.07) is 6.25. The Labute approximate surface area is 105 Å². The van der Waals surface area contributed by atoms with E-state index in [0.717, 1.165) is 23.2 Å². The SMILES string of the molecule is BrCCCCCCc1ccc2c(c1)OCO2. The summed E-state index contributed by atoms with van der Waals surface area (Å²) in [5.74, 6) is 1.78. The maximum Gasteiger partial charge on any atom is 0.231 e. The number of hydrogen-bond acceptors (Lipinski definition) is 2. The van der Waals surface area contributed by atoms with Crippen LogP contribution in [0.4, 0.5) is 0 Å². The van der Waals surface area contributed by atoms with Gasteiger partial charge in [0.15, 0.2) is 11.5 Å². The maximum atomic E-state index is 5.36. The molecule has 0 fully saturated rings. The van der Waals surface area contributed by atoms with Gasteiger partial charge in [0.25, 0.3) is 0 Å². The number of rotatable bonds is 6. The van der Waals surface area contributed by atoms with Crippen LogP contribution in [0.2, 0.25) is 0 Å². The van der Waals surface area contributed by atoms with Crippen molar-refractivity contribution >= 4 is 15.9 Å². The predicted molar refractivity (Wildman–Crippen MR) is 68.5 cm³/mol. The lowest BCUT2D eigenvalue weighted by molar-refractivity contribution is 0.174. The smallest absolute Gasteiger partial charge is 0.231 e. The molecule has 0 saturated carbocycles. The van der Waals surface area contributed by atoms with Crippen molar-refractivity contribution in [3.8, 4) is 11.5 Å². The van der Waals surface area contributed by atoms with E-state index in [2.05, 4.69) is 28.1 Å². The molecule has 0 spiro atoms. The summed E-state index contributed by atoms with van der Waals surface area (Å²) in [5.41, 5.74) is 1.35. The number of hydrogen-bond donors (Lipinski definition) is 0. The maximum absolute atomic E-state index is 5.36. The lowest BCUT2D eigenvalue weighted by Gasteiger charge is -2.03. The first kappa shape index (κ1) is 11.8. The van der Waals surface area contributed by atoms with E-state index in [1.165, 1.54) is 31.2 Å². The summed E-state index contributed by atoms with van der Waals surface area (Å²) < 4.78 is 10.6. The van der Waals surface area contributed by atoms with Crippen molar-refractivity contribution in [2.75, 3.05) is 12.1 Å².